The maximum absolute atomic E-state index is 3.59. The van der Waals surface area contributed by atoms with Crippen LogP contribution in [0.4, 0.5) is 5.69 Å². The van der Waals surface area contributed by atoms with Crippen molar-refractivity contribution >= 4 is 37.5 Å². The Labute approximate surface area is 133 Å². The Morgan fingerprint density at radius 1 is 1.11 bits per heavy atom. The van der Waals surface area contributed by atoms with E-state index < -0.39 is 0 Å². The van der Waals surface area contributed by atoms with Crippen molar-refractivity contribution in [2.24, 2.45) is 0 Å². The van der Waals surface area contributed by atoms with E-state index in [2.05, 4.69) is 80.6 Å². The van der Waals surface area contributed by atoms with E-state index in [1.54, 1.807) is 0 Å². The minimum atomic E-state index is 0.282. The molecule has 0 saturated carbocycles. The first-order valence-electron chi connectivity index (χ1n) is 6.76. The lowest BCUT2D eigenvalue weighted by atomic mass is 10.0. The summed E-state index contributed by atoms with van der Waals surface area (Å²) in [7, 11) is 0. The first-order chi connectivity index (χ1) is 8.91. The maximum atomic E-state index is 3.59. The highest BCUT2D eigenvalue weighted by Crippen LogP contribution is 2.28. The van der Waals surface area contributed by atoms with Gasteiger partial charge in [-0.3, -0.25) is 4.90 Å². The molecule has 4 heteroatoms. The number of alkyl halides is 1. The van der Waals surface area contributed by atoms with Crippen LogP contribution in [0.1, 0.15) is 26.3 Å². The van der Waals surface area contributed by atoms with Gasteiger partial charge in [0.15, 0.2) is 0 Å². The molecule has 0 unspecified atom stereocenters. The second-order valence-electron chi connectivity index (χ2n) is 6.05. The van der Waals surface area contributed by atoms with Crippen LogP contribution in [0.25, 0.3) is 0 Å². The lowest BCUT2D eigenvalue weighted by Gasteiger charge is -2.43. The van der Waals surface area contributed by atoms with Gasteiger partial charge >= 0.3 is 0 Å². The minimum Gasteiger partial charge on any atom is -0.369 e. The van der Waals surface area contributed by atoms with Gasteiger partial charge in [-0.1, -0.05) is 31.9 Å². The molecule has 2 nitrogen and oxygen atoms in total. The van der Waals surface area contributed by atoms with Crippen molar-refractivity contribution in [1.29, 1.82) is 0 Å². The Hall–Kier alpha value is -0.0600. The molecule has 1 aliphatic rings. The quantitative estimate of drug-likeness (QED) is 0.697. The SMILES string of the molecule is CC(C)(C)N1CCN(c2ccc(Br)cc2CBr)CC1. The number of benzene rings is 1. The van der Waals surface area contributed by atoms with E-state index in [0.29, 0.717) is 0 Å². The number of hydrogen-bond donors (Lipinski definition) is 0. The van der Waals surface area contributed by atoms with Crippen molar-refractivity contribution in [2.45, 2.75) is 31.6 Å². The number of rotatable bonds is 2. The Morgan fingerprint density at radius 2 is 1.74 bits per heavy atom. The number of piperazine rings is 1. The molecule has 1 aliphatic heterocycles. The van der Waals surface area contributed by atoms with Crippen LogP contribution in [-0.4, -0.2) is 36.6 Å². The van der Waals surface area contributed by atoms with Gasteiger partial charge in [0.1, 0.15) is 0 Å². The summed E-state index contributed by atoms with van der Waals surface area (Å²) in [4.78, 5) is 5.07. The van der Waals surface area contributed by atoms with E-state index in [-0.39, 0.29) is 5.54 Å². The maximum Gasteiger partial charge on any atom is 0.0409 e. The summed E-state index contributed by atoms with van der Waals surface area (Å²) in [6.07, 6.45) is 0. The van der Waals surface area contributed by atoms with Crippen molar-refractivity contribution in [3.8, 4) is 0 Å². The molecule has 1 aromatic carbocycles. The van der Waals surface area contributed by atoms with Crippen LogP contribution in [0.5, 0.6) is 0 Å². The fourth-order valence-electron chi connectivity index (χ4n) is 2.59. The molecule has 0 amide bonds. The summed E-state index contributed by atoms with van der Waals surface area (Å²) in [5, 5.41) is 0.904. The third kappa shape index (κ3) is 3.73. The van der Waals surface area contributed by atoms with Gasteiger partial charge in [0.2, 0.25) is 0 Å². The molecule has 106 valence electrons. The van der Waals surface area contributed by atoms with Crippen LogP contribution in [0.2, 0.25) is 0 Å². The number of halogens is 2. The molecule has 0 aromatic heterocycles. The lowest BCUT2D eigenvalue weighted by Crippen LogP contribution is -2.53. The molecule has 0 spiro atoms. The van der Waals surface area contributed by atoms with Gasteiger partial charge in [-0.15, -0.1) is 0 Å². The van der Waals surface area contributed by atoms with Gasteiger partial charge in [-0.2, -0.15) is 0 Å². The van der Waals surface area contributed by atoms with Crippen LogP contribution in [0.3, 0.4) is 0 Å². The van der Waals surface area contributed by atoms with Gasteiger partial charge in [0.25, 0.3) is 0 Å². The number of hydrogen-bond acceptors (Lipinski definition) is 2. The summed E-state index contributed by atoms with van der Waals surface area (Å²) in [6.45, 7) is 11.4. The highest BCUT2D eigenvalue weighted by molar-refractivity contribution is 9.10. The summed E-state index contributed by atoms with van der Waals surface area (Å²) in [6, 6.07) is 6.57. The molecule has 0 radical (unpaired) electrons. The van der Waals surface area contributed by atoms with E-state index in [4.69, 9.17) is 0 Å². The second kappa shape index (κ2) is 6.15. The van der Waals surface area contributed by atoms with Gasteiger partial charge in [-0.05, 0) is 44.5 Å². The molecule has 2 rings (SSSR count). The Morgan fingerprint density at radius 3 is 2.26 bits per heavy atom. The van der Waals surface area contributed by atoms with Gasteiger partial charge < -0.3 is 4.90 Å². The topological polar surface area (TPSA) is 6.48 Å². The molecule has 1 heterocycles. The van der Waals surface area contributed by atoms with Crippen LogP contribution in [0.15, 0.2) is 22.7 Å². The Bertz CT molecular complexity index is 432. The highest BCUT2D eigenvalue weighted by Gasteiger charge is 2.26. The zero-order valence-electron chi connectivity index (χ0n) is 11.9. The molecule has 0 N–H and O–H groups in total. The largest absolute Gasteiger partial charge is 0.369 e. The van der Waals surface area contributed by atoms with Crippen LogP contribution in [0, 0.1) is 0 Å². The van der Waals surface area contributed by atoms with Crippen LogP contribution >= 0.6 is 31.9 Å². The fourth-order valence-corrected chi connectivity index (χ4v) is 3.45. The summed E-state index contributed by atoms with van der Waals surface area (Å²) in [5.41, 5.74) is 3.01. The van der Waals surface area contributed by atoms with E-state index >= 15 is 0 Å². The van der Waals surface area contributed by atoms with Crippen molar-refractivity contribution in [3.05, 3.63) is 28.2 Å². The summed E-state index contributed by atoms with van der Waals surface area (Å²) >= 11 is 7.14. The van der Waals surface area contributed by atoms with Crippen molar-refractivity contribution in [2.75, 3.05) is 31.1 Å². The summed E-state index contributed by atoms with van der Waals surface area (Å²) < 4.78 is 1.15. The molecule has 1 aromatic rings. The molecule has 1 fully saturated rings. The fraction of sp³-hybridized carbons (Fsp3) is 0.600. The lowest BCUT2D eigenvalue weighted by molar-refractivity contribution is 0.128. The molecule has 1 saturated heterocycles. The summed E-state index contributed by atoms with van der Waals surface area (Å²) in [5.74, 6) is 0. The number of anilines is 1. The molecule has 0 bridgehead atoms. The van der Waals surface area contributed by atoms with Crippen LogP contribution in [-0.2, 0) is 5.33 Å². The second-order valence-corrected chi connectivity index (χ2v) is 7.53. The Balaban J connectivity index is 2.10. The molecule has 19 heavy (non-hydrogen) atoms. The predicted molar refractivity (Wildman–Crippen MR) is 90.3 cm³/mol. The number of nitrogens with zero attached hydrogens (tertiary/aromatic N) is 2. The van der Waals surface area contributed by atoms with Gasteiger partial charge in [0.05, 0.1) is 0 Å². The van der Waals surface area contributed by atoms with Crippen LogP contribution < -0.4 is 4.90 Å². The molecule has 0 aliphatic carbocycles. The average Bonchev–Trinajstić information content (AvgIpc) is 2.37. The molecular formula is C15H22Br2N2. The zero-order chi connectivity index (χ0) is 14.0. The standard InChI is InChI=1S/C15H22Br2N2/c1-15(2,3)19-8-6-18(7-9-19)14-5-4-13(17)10-12(14)11-16/h4-5,10H,6-9,11H2,1-3H3. The Kier molecular flexibility index (Phi) is 4.96. The predicted octanol–water partition coefficient (Wildman–Crippen LogP) is 4.26. The monoisotopic (exact) mass is 388 g/mol. The first-order valence-corrected chi connectivity index (χ1v) is 8.67. The zero-order valence-corrected chi connectivity index (χ0v) is 15.1. The van der Waals surface area contributed by atoms with E-state index in [1.165, 1.54) is 11.3 Å². The smallest absolute Gasteiger partial charge is 0.0409 e. The van der Waals surface area contributed by atoms with E-state index in [9.17, 15) is 0 Å². The van der Waals surface area contributed by atoms with Crippen molar-refractivity contribution in [3.63, 3.8) is 0 Å². The van der Waals surface area contributed by atoms with Crippen molar-refractivity contribution < 1.29 is 0 Å². The third-order valence-corrected chi connectivity index (χ3v) is 4.85. The minimum absolute atomic E-state index is 0.282. The highest BCUT2D eigenvalue weighted by atomic mass is 79.9. The molecule has 0 atom stereocenters. The normalized spacial score (nSPS) is 17.8. The third-order valence-electron chi connectivity index (χ3n) is 3.75. The van der Waals surface area contributed by atoms with Crippen molar-refractivity contribution in [1.82, 2.24) is 4.90 Å². The van der Waals surface area contributed by atoms with E-state index in [0.717, 1.165) is 36.0 Å². The van der Waals surface area contributed by atoms with Gasteiger partial charge in [0, 0.05) is 47.2 Å². The van der Waals surface area contributed by atoms with E-state index in [1.807, 2.05) is 0 Å². The van der Waals surface area contributed by atoms with Gasteiger partial charge in [-0.25, -0.2) is 0 Å². The molecular weight excluding hydrogens is 368 g/mol. The first kappa shape index (κ1) is 15.3. The average molecular weight is 390 g/mol.